The normalized spacial score (nSPS) is 9.93. The predicted molar refractivity (Wildman–Crippen MR) is 489 cm³/mol. The Balaban J connectivity index is 0.000000726. The summed E-state index contributed by atoms with van der Waals surface area (Å²) in [5.74, 6) is -0.0879. The van der Waals surface area contributed by atoms with Gasteiger partial charge in [-0.1, -0.05) is 110 Å². The van der Waals surface area contributed by atoms with Crippen molar-refractivity contribution in [1.29, 1.82) is 0 Å². The van der Waals surface area contributed by atoms with Gasteiger partial charge in [-0.25, -0.2) is 38.5 Å². The van der Waals surface area contributed by atoms with E-state index in [9.17, 15) is 76.8 Å². The second-order valence-corrected chi connectivity index (χ2v) is 28.7. The summed E-state index contributed by atoms with van der Waals surface area (Å²) in [4.78, 5) is 203. The number of methoxy groups -OCH3 is 3. The number of nitrogens with zero attached hydrogens (tertiary/aromatic N) is 11. The van der Waals surface area contributed by atoms with Gasteiger partial charge in [-0.2, -0.15) is 21.8 Å². The summed E-state index contributed by atoms with van der Waals surface area (Å²) >= 11 is 32.0. The molecule has 13 aromatic rings. The van der Waals surface area contributed by atoms with Crippen LogP contribution in [0.2, 0.25) is 25.4 Å². The number of nitroso groups, excluding NO2 is 1. The van der Waals surface area contributed by atoms with Gasteiger partial charge < -0.3 is 57.7 Å². The number of aromatic amines is 8. The maximum absolute atomic E-state index is 12.2. The van der Waals surface area contributed by atoms with Crippen molar-refractivity contribution in [2.75, 3.05) is 55.7 Å². The van der Waals surface area contributed by atoms with Gasteiger partial charge in [0.25, 0.3) is 45.4 Å². The van der Waals surface area contributed by atoms with E-state index >= 15 is 0 Å². The van der Waals surface area contributed by atoms with Gasteiger partial charge in [0.2, 0.25) is 11.0 Å². The van der Waals surface area contributed by atoms with Gasteiger partial charge in [-0.3, -0.25) is 106 Å². The van der Waals surface area contributed by atoms with Crippen LogP contribution in [0.5, 0.6) is 0 Å². The van der Waals surface area contributed by atoms with Gasteiger partial charge in [0.1, 0.15) is 41.1 Å². The summed E-state index contributed by atoms with van der Waals surface area (Å²) in [5, 5.41) is 5.14. The van der Waals surface area contributed by atoms with Crippen LogP contribution in [-0.4, -0.2) is 181 Å². The van der Waals surface area contributed by atoms with E-state index in [2.05, 4.69) is 64.2 Å². The number of nitrogens with one attached hydrogen (secondary N) is 8. The van der Waals surface area contributed by atoms with E-state index in [0.717, 1.165) is 57.9 Å². The van der Waals surface area contributed by atoms with Gasteiger partial charge in [0.15, 0.2) is 22.3 Å². The summed E-state index contributed by atoms with van der Waals surface area (Å²) < 4.78 is 59.0. The molecule has 9 aromatic heterocycles. The van der Waals surface area contributed by atoms with Crippen molar-refractivity contribution < 1.29 is 35.8 Å². The molecule has 0 spiro atoms. The zero-order valence-electron chi connectivity index (χ0n) is 67.9. The summed E-state index contributed by atoms with van der Waals surface area (Å²) in [7, 11) is 6.79. The number of aryl methyl sites for hydroxylation is 1. The maximum atomic E-state index is 12.2. The van der Waals surface area contributed by atoms with Gasteiger partial charge in [0, 0.05) is 108 Å². The average Bonchev–Trinajstić information content (AvgIpc) is 1.61. The molecule has 0 fully saturated rings. The van der Waals surface area contributed by atoms with Crippen LogP contribution in [0.4, 0.5) is 40.5 Å². The summed E-state index contributed by atoms with van der Waals surface area (Å²) in [5.41, 5.74) is 28.8. The third-order valence-electron chi connectivity index (χ3n) is 15.8. The van der Waals surface area contributed by atoms with Crippen LogP contribution in [0.15, 0.2) is 188 Å². The van der Waals surface area contributed by atoms with Crippen molar-refractivity contribution in [3.63, 3.8) is 0 Å². The van der Waals surface area contributed by atoms with Crippen molar-refractivity contribution in [2.24, 2.45) is 47.5 Å². The third-order valence-corrected chi connectivity index (χ3v) is 18.0. The molecule has 9 heterocycles. The van der Waals surface area contributed by atoms with E-state index in [0.29, 0.717) is 72.9 Å². The first-order chi connectivity index (χ1) is 59.2. The molecule has 57 heteroatoms. The Hall–Kier alpha value is -12.4. The number of aromatic nitrogens is 18. The van der Waals surface area contributed by atoms with Crippen molar-refractivity contribution in [1.82, 2.24) is 86.4 Å². The van der Waals surface area contributed by atoms with Crippen LogP contribution in [0.3, 0.4) is 0 Å². The summed E-state index contributed by atoms with van der Waals surface area (Å²) in [6.07, 6.45) is 3.45. The molecule has 4 aromatic carbocycles. The van der Waals surface area contributed by atoms with Gasteiger partial charge in [-0.05, 0) is 94.8 Å². The van der Waals surface area contributed by atoms with Crippen LogP contribution < -0.4 is 113 Å². The van der Waals surface area contributed by atoms with Crippen LogP contribution in [-0.2, 0) is 101 Å². The van der Waals surface area contributed by atoms with Crippen molar-refractivity contribution in [3.8, 4) is 0 Å². The van der Waals surface area contributed by atoms with E-state index in [1.54, 1.807) is 69.8 Å². The Morgan fingerprint density at radius 2 is 0.844 bits per heavy atom. The predicted octanol–water partition coefficient (Wildman–Crippen LogP) is 0.123. The first kappa shape index (κ1) is 114. The molecule has 680 valence electrons. The molecule has 0 saturated carbocycles. The summed E-state index contributed by atoms with van der Waals surface area (Å²) in [6, 6.07) is 30.9. The standard InChI is InChI=1S/C13H10Cl2N4O2.C13H11ClN4O2.C13H14ClN3O2.C7H5ClO.C5H6N4O3.C5H8N4O2.C5H7N3O2.C4H5N3O2.C4H10O3.2CH4.2Na.O4S2/c1-18-11(20)9-10(17-13(18)21)16-12(15)19(9)6-7-2-4-8(14)5-3-7;1-17-12(19)10-11(16-13(17)20)15-7-18(10)6-8-2-4-9(14)5-3-8;1-17-12(18)10(11(15)16-13(17)19)7-4-8-2-5-9(14)6-3-8;8-7-3-1-6(5-9)2-4-7;1-9-4(10)2(8-12)3(6)7-5(9)11;1-9-4(10)2(6)3(7)8-5(9)11;1-8-4(9)2-3(6)7-5(8)10;5-2-1-3(8)7-4(9)6-2;1-5-4(6-2)7-3;;;;;1-5(2)6(3)4/h2-5H,6H2,1H3,(H,17,21);2-5,7H,6H2,1H3,(H,16,20);2-3,5-6H,4,7,15H2,1H3,(H,16,19);1-5H;6H2,1H3,(H,7,11);6-7H2,1H3,(H,8,11);2H,6H2,1H3,(H,7,10);1H,(H4,5,6,7,8,9);4H,1-3H3;2*1H4;;;. The molecular weight excluding hydrogens is 1860 g/mol. The summed E-state index contributed by atoms with van der Waals surface area (Å²) in [6.45, 7) is 0.322. The number of ether oxygens (including phenoxy) is 3. The number of carbonyl (C=O) groups excluding carboxylic acids is 1. The van der Waals surface area contributed by atoms with Crippen LogP contribution in [0, 0.1) is 4.91 Å². The molecule has 48 nitrogen and oxygen atoms in total. The van der Waals surface area contributed by atoms with Crippen molar-refractivity contribution in [3.05, 3.63) is 319 Å². The fraction of sp³-hybridized carbons (Fsp3) is 0.225. The van der Waals surface area contributed by atoms with Crippen LogP contribution in [0.1, 0.15) is 47.5 Å². The first-order valence-electron chi connectivity index (χ1n) is 34.9. The Kier molecular flexibility index (Phi) is 49.1. The topological polar surface area (TPSA) is 729 Å². The van der Waals surface area contributed by atoms with Crippen molar-refractivity contribution >= 4 is 189 Å². The molecule has 0 amide bonds. The number of halogens is 5. The molecule has 0 bridgehead atoms. The molecule has 0 aliphatic carbocycles. The number of aldehydes is 1. The molecule has 0 atom stereocenters. The second kappa shape index (κ2) is 55.3. The average molecular weight is 1940 g/mol. The van der Waals surface area contributed by atoms with E-state index in [-0.39, 0.29) is 77.2 Å². The number of nitrogen functional groups attached to an aromatic ring is 6. The molecule has 0 saturated heterocycles. The zero-order chi connectivity index (χ0) is 95.4. The minimum absolute atomic E-state index is 0. The second-order valence-electron chi connectivity index (χ2n) is 24.2. The van der Waals surface area contributed by atoms with Gasteiger partial charge >= 0.3 is 102 Å². The van der Waals surface area contributed by atoms with Crippen LogP contribution >= 0.6 is 58.0 Å². The molecule has 0 radical (unpaired) electrons. The Morgan fingerprint density at radius 1 is 0.453 bits per heavy atom. The number of nitrogens with two attached hydrogens (primary N) is 6. The molecule has 0 aliphatic heterocycles. The van der Waals surface area contributed by atoms with Gasteiger partial charge in [0.05, 0.1) is 18.4 Å². The molecular formula is C71H84Cl5N25Na2O23S2. The number of hydrogen-bond acceptors (Lipinski definition) is 32. The minimum atomic E-state index is -2.95. The number of anilines is 6. The Bertz CT molecular complexity index is 7070. The van der Waals surface area contributed by atoms with Crippen molar-refractivity contribution in [2.45, 2.75) is 47.3 Å². The molecule has 13 rings (SSSR count). The number of hydrogen-bond donors (Lipinski definition) is 14. The molecule has 128 heavy (non-hydrogen) atoms. The number of carbonyl (C=O) groups is 1. The fourth-order valence-corrected chi connectivity index (χ4v) is 9.96. The molecule has 0 unspecified atom stereocenters. The van der Waals surface area contributed by atoms with E-state index in [1.807, 2.05) is 41.4 Å². The Labute approximate surface area is 774 Å². The number of H-pyrrole nitrogens is 8. The molecule has 0 aliphatic rings. The van der Waals surface area contributed by atoms with E-state index in [4.69, 9.17) is 109 Å². The number of imidazole rings is 2. The monoisotopic (exact) mass is 1940 g/mol. The first-order valence-corrected chi connectivity index (χ1v) is 47.5. The van der Waals surface area contributed by atoms with E-state index < -0.39 is 98.3 Å². The zero-order valence-corrected chi connectivity index (χ0v) is 77.3. The number of benzene rings is 4. The van der Waals surface area contributed by atoms with E-state index in [1.165, 1.54) is 114 Å². The molecule has 20 N–H and O–H groups in total. The SMILES string of the molecule is C.C.COC(OC)OC.Cn1c(=O)[nH]c(N)c(CCc2ccc(Cl)cc2)c1=O.Cn1c(=O)[nH]c(N)c(N)c1=O.Cn1c(=O)[nH]c(N)c(N=O)c1=O.Cn1c(=O)[nH]c2nc(Cl)n(Cc3ccc(Cl)cc3)c2c1=O.Cn1c(=O)[nH]c2ncn(Cc3ccc(Cl)cc3)c2c1=O.Cn1c(=O)cc(N)[nH]c1=O.Nc1cc(=O)[nH]c(=O)[nH]1.O=Cc1ccc(Cl)cc1.O=S(=O)=S(=O)=O.[Na][Na]. The third kappa shape index (κ3) is 34.8. The quantitative estimate of drug-likeness (QED) is 0.0254. The number of rotatable bonds is 12. The van der Waals surface area contributed by atoms with Gasteiger partial charge in [-0.15, -0.1) is 4.91 Å². The van der Waals surface area contributed by atoms with Crippen LogP contribution in [0.25, 0.3) is 22.3 Å². The number of fused-ring (bicyclic) bond motifs is 2. The fourth-order valence-electron chi connectivity index (χ4n) is 9.23. The Morgan fingerprint density at radius 3 is 1.27 bits per heavy atom.